The van der Waals surface area contributed by atoms with Crippen molar-refractivity contribution < 1.29 is 19.8 Å². The van der Waals surface area contributed by atoms with Gasteiger partial charge in [-0.2, -0.15) is 0 Å². The molecule has 0 aromatic heterocycles. The fourth-order valence-corrected chi connectivity index (χ4v) is 2.81. The molecule has 4 heteroatoms. The maximum atomic E-state index is 12.0. The van der Waals surface area contributed by atoms with E-state index >= 15 is 0 Å². The highest BCUT2D eigenvalue weighted by Crippen LogP contribution is 2.44. The standard InChI is InChI=1S/C20H30O4.C2H6/c1-11(2)19(5,6)14-10-9-13(17(21)22)15(18(23)24)16(14)20(7,8)12(3)4;1-2/h9-12H,1-8H3,(H,21,22)(H,23,24);1-2H3. The quantitative estimate of drug-likeness (QED) is 0.651. The summed E-state index contributed by atoms with van der Waals surface area (Å²) in [5.41, 5.74) is 0.591. The van der Waals surface area contributed by atoms with E-state index in [9.17, 15) is 19.8 Å². The van der Waals surface area contributed by atoms with Crippen LogP contribution in [0.3, 0.4) is 0 Å². The summed E-state index contributed by atoms with van der Waals surface area (Å²) in [6, 6.07) is 3.24. The zero-order valence-corrected chi connectivity index (χ0v) is 18.0. The van der Waals surface area contributed by atoms with Crippen molar-refractivity contribution in [1.29, 1.82) is 0 Å². The van der Waals surface area contributed by atoms with E-state index in [-0.39, 0.29) is 28.4 Å². The van der Waals surface area contributed by atoms with Gasteiger partial charge in [-0.3, -0.25) is 0 Å². The van der Waals surface area contributed by atoms with Gasteiger partial charge in [0.2, 0.25) is 0 Å². The minimum absolute atomic E-state index is 0.0765. The Morgan fingerprint density at radius 3 is 1.54 bits per heavy atom. The van der Waals surface area contributed by atoms with Gasteiger partial charge in [-0.25, -0.2) is 9.59 Å². The van der Waals surface area contributed by atoms with Gasteiger partial charge in [0.25, 0.3) is 0 Å². The minimum Gasteiger partial charge on any atom is -0.478 e. The molecule has 0 aliphatic carbocycles. The van der Waals surface area contributed by atoms with Crippen LogP contribution >= 0.6 is 0 Å². The monoisotopic (exact) mass is 364 g/mol. The van der Waals surface area contributed by atoms with Crippen molar-refractivity contribution in [2.75, 3.05) is 0 Å². The molecule has 0 fully saturated rings. The van der Waals surface area contributed by atoms with Crippen LogP contribution in [-0.4, -0.2) is 22.2 Å². The van der Waals surface area contributed by atoms with Gasteiger partial charge in [0, 0.05) is 0 Å². The molecule has 4 nitrogen and oxygen atoms in total. The fraction of sp³-hybridized carbons (Fsp3) is 0.636. The van der Waals surface area contributed by atoms with Crippen molar-refractivity contribution in [3.63, 3.8) is 0 Å². The first-order valence-corrected chi connectivity index (χ1v) is 9.40. The first-order chi connectivity index (χ1) is 11.8. The highest BCUT2D eigenvalue weighted by atomic mass is 16.4. The summed E-state index contributed by atoms with van der Waals surface area (Å²) < 4.78 is 0. The maximum absolute atomic E-state index is 12.0. The topological polar surface area (TPSA) is 74.6 Å². The minimum atomic E-state index is -1.21. The number of aromatic carboxylic acids is 2. The van der Waals surface area contributed by atoms with Gasteiger partial charge < -0.3 is 10.2 Å². The third kappa shape index (κ3) is 4.46. The van der Waals surface area contributed by atoms with Crippen LogP contribution in [-0.2, 0) is 10.8 Å². The molecule has 0 aliphatic heterocycles. The van der Waals surface area contributed by atoms with Crippen LogP contribution in [0, 0.1) is 11.8 Å². The molecule has 0 aliphatic rings. The Bertz CT molecular complexity index is 652. The van der Waals surface area contributed by atoms with Gasteiger partial charge in [-0.15, -0.1) is 0 Å². The number of hydrogen-bond acceptors (Lipinski definition) is 2. The summed E-state index contributed by atoms with van der Waals surface area (Å²) in [5, 5.41) is 19.3. The van der Waals surface area contributed by atoms with Crippen LogP contribution in [0.1, 0.15) is 101 Å². The normalized spacial score (nSPS) is 12.0. The van der Waals surface area contributed by atoms with E-state index in [0.29, 0.717) is 5.56 Å². The van der Waals surface area contributed by atoms with Gasteiger partial charge in [-0.1, -0.05) is 75.3 Å². The molecule has 1 rings (SSSR count). The Balaban J connectivity index is 0.00000301. The van der Waals surface area contributed by atoms with Crippen LogP contribution in [0.15, 0.2) is 12.1 Å². The summed E-state index contributed by atoms with van der Waals surface area (Å²) in [6.45, 7) is 20.4. The number of carbonyl (C=O) groups is 2. The van der Waals surface area contributed by atoms with E-state index in [1.165, 1.54) is 6.07 Å². The number of rotatable bonds is 6. The molecule has 0 amide bonds. The van der Waals surface area contributed by atoms with E-state index in [1.807, 2.05) is 41.5 Å². The fourth-order valence-electron chi connectivity index (χ4n) is 2.81. The Hall–Kier alpha value is -1.84. The molecule has 26 heavy (non-hydrogen) atoms. The molecule has 0 bridgehead atoms. The van der Waals surface area contributed by atoms with Crippen LogP contribution in [0.4, 0.5) is 0 Å². The lowest BCUT2D eigenvalue weighted by atomic mass is 9.64. The van der Waals surface area contributed by atoms with Crippen molar-refractivity contribution >= 4 is 11.9 Å². The van der Waals surface area contributed by atoms with Crippen molar-refractivity contribution in [2.45, 2.75) is 80.1 Å². The summed E-state index contributed by atoms with van der Waals surface area (Å²) in [4.78, 5) is 23.6. The smallest absolute Gasteiger partial charge is 0.336 e. The Morgan fingerprint density at radius 1 is 0.808 bits per heavy atom. The Morgan fingerprint density at radius 2 is 1.23 bits per heavy atom. The first kappa shape index (κ1) is 24.2. The summed E-state index contributed by atoms with van der Waals surface area (Å²) in [5.74, 6) is -1.96. The van der Waals surface area contributed by atoms with Crippen LogP contribution in [0.5, 0.6) is 0 Å². The molecular formula is C22H36O4. The predicted octanol–water partition coefficient (Wildman–Crippen LogP) is 5.98. The molecule has 0 saturated carbocycles. The van der Waals surface area contributed by atoms with E-state index in [1.54, 1.807) is 6.07 Å². The molecule has 0 atom stereocenters. The highest BCUT2D eigenvalue weighted by Gasteiger charge is 2.39. The first-order valence-electron chi connectivity index (χ1n) is 9.40. The van der Waals surface area contributed by atoms with Gasteiger partial charge in [0.05, 0.1) is 11.1 Å². The lowest BCUT2D eigenvalue weighted by Crippen LogP contribution is -2.35. The van der Waals surface area contributed by atoms with Gasteiger partial charge in [0.1, 0.15) is 0 Å². The number of carboxylic acids is 2. The average Bonchev–Trinajstić information content (AvgIpc) is 2.54. The molecule has 2 N–H and O–H groups in total. The maximum Gasteiger partial charge on any atom is 0.336 e. The zero-order valence-electron chi connectivity index (χ0n) is 18.0. The van der Waals surface area contributed by atoms with Gasteiger partial charge in [-0.05, 0) is 39.9 Å². The Kier molecular flexibility index (Phi) is 8.08. The number of benzene rings is 1. The van der Waals surface area contributed by atoms with Crippen LogP contribution in [0.25, 0.3) is 0 Å². The van der Waals surface area contributed by atoms with Crippen LogP contribution in [0.2, 0.25) is 0 Å². The molecule has 0 radical (unpaired) electrons. The lowest BCUT2D eigenvalue weighted by molar-refractivity contribution is 0.0648. The Labute approximate surface area is 158 Å². The van der Waals surface area contributed by atoms with Crippen molar-refractivity contribution in [2.24, 2.45) is 11.8 Å². The van der Waals surface area contributed by atoms with Gasteiger partial charge in [0.15, 0.2) is 0 Å². The molecular weight excluding hydrogens is 328 g/mol. The summed E-state index contributed by atoms with van der Waals surface area (Å²) >= 11 is 0. The lowest BCUT2D eigenvalue weighted by Gasteiger charge is -2.40. The predicted molar refractivity (Wildman–Crippen MR) is 107 cm³/mol. The molecule has 1 aromatic carbocycles. The van der Waals surface area contributed by atoms with Crippen LogP contribution < -0.4 is 0 Å². The van der Waals surface area contributed by atoms with Crippen molar-refractivity contribution in [3.05, 3.63) is 34.4 Å². The highest BCUT2D eigenvalue weighted by molar-refractivity contribution is 6.03. The third-order valence-corrected chi connectivity index (χ3v) is 5.87. The van der Waals surface area contributed by atoms with E-state index in [4.69, 9.17) is 0 Å². The van der Waals surface area contributed by atoms with Gasteiger partial charge >= 0.3 is 11.9 Å². The second-order valence-corrected chi connectivity index (χ2v) is 8.27. The summed E-state index contributed by atoms with van der Waals surface area (Å²) in [6.07, 6.45) is 0. The second-order valence-electron chi connectivity index (χ2n) is 8.27. The molecule has 0 saturated heterocycles. The third-order valence-electron chi connectivity index (χ3n) is 5.87. The summed E-state index contributed by atoms with van der Waals surface area (Å²) in [7, 11) is 0. The van der Waals surface area contributed by atoms with E-state index in [2.05, 4.69) is 27.7 Å². The second kappa shape index (κ2) is 8.70. The molecule has 0 spiro atoms. The largest absolute Gasteiger partial charge is 0.478 e. The average molecular weight is 365 g/mol. The number of hydrogen-bond donors (Lipinski definition) is 2. The SMILES string of the molecule is CC.CC(C)C(C)(C)c1ccc(C(=O)O)c(C(=O)O)c1C(C)(C)C(C)C. The van der Waals surface area contributed by atoms with E-state index in [0.717, 1.165) is 5.56 Å². The molecule has 148 valence electrons. The van der Waals surface area contributed by atoms with Crippen molar-refractivity contribution in [3.8, 4) is 0 Å². The van der Waals surface area contributed by atoms with E-state index < -0.39 is 17.4 Å². The zero-order chi connectivity index (χ0) is 21.0. The molecule has 0 heterocycles. The molecule has 0 unspecified atom stereocenters. The van der Waals surface area contributed by atoms with Crippen molar-refractivity contribution in [1.82, 2.24) is 0 Å². The molecule has 1 aromatic rings. The number of carboxylic acid groups (broad SMARTS) is 2.